The van der Waals surface area contributed by atoms with Crippen LogP contribution in [0.15, 0.2) is 97.1 Å². The smallest absolute Gasteiger partial charge is 0.243 e. The fraction of sp³-hybridized carbons (Fsp3) is 0.286. The number of likely N-dealkylation sites (tertiary alicyclic amines) is 1. The number of benzene rings is 4. The number of amides is 3. The summed E-state index contributed by atoms with van der Waals surface area (Å²) in [5.74, 6) is -0.786. The van der Waals surface area contributed by atoms with Gasteiger partial charge in [-0.15, -0.1) is 0 Å². The molecule has 0 radical (unpaired) electrons. The van der Waals surface area contributed by atoms with Gasteiger partial charge in [-0.3, -0.25) is 14.4 Å². The first-order chi connectivity index (χ1) is 20.4. The molecule has 0 saturated carbocycles. The molecule has 0 aliphatic carbocycles. The summed E-state index contributed by atoms with van der Waals surface area (Å²) >= 11 is 0. The summed E-state index contributed by atoms with van der Waals surface area (Å²) < 4.78 is 0. The van der Waals surface area contributed by atoms with Crippen LogP contribution in [0.25, 0.3) is 10.8 Å². The van der Waals surface area contributed by atoms with Gasteiger partial charge in [0, 0.05) is 32.4 Å². The Morgan fingerprint density at radius 1 is 0.833 bits per heavy atom. The van der Waals surface area contributed by atoms with Crippen LogP contribution in [0.1, 0.15) is 35.4 Å². The van der Waals surface area contributed by atoms with E-state index in [4.69, 9.17) is 0 Å². The largest absolute Gasteiger partial charge is 0.373 e. The lowest BCUT2D eigenvalue weighted by Crippen LogP contribution is -2.49. The SMILES string of the molecule is CN1CC(C(=O)N2CCCC2C(=O)NCC(=O)NCc2ccccc2)c2ccccc21.Cc1ccc2ccccc2c1. The van der Waals surface area contributed by atoms with Gasteiger partial charge in [-0.2, -0.15) is 0 Å². The molecule has 7 nitrogen and oxygen atoms in total. The van der Waals surface area contributed by atoms with Crippen LogP contribution in [0, 0.1) is 6.92 Å². The Kier molecular flexibility index (Phi) is 9.17. The number of carbonyl (C=O) groups is 3. The van der Waals surface area contributed by atoms with E-state index in [2.05, 4.69) is 64.9 Å². The van der Waals surface area contributed by atoms with E-state index in [1.165, 1.54) is 16.3 Å². The maximum atomic E-state index is 13.3. The van der Waals surface area contributed by atoms with E-state index in [-0.39, 0.29) is 30.2 Å². The summed E-state index contributed by atoms with van der Waals surface area (Å²) in [6.45, 7) is 3.62. The van der Waals surface area contributed by atoms with Gasteiger partial charge in [0.05, 0.1) is 12.5 Å². The van der Waals surface area contributed by atoms with Gasteiger partial charge in [-0.1, -0.05) is 96.6 Å². The molecule has 7 heteroatoms. The standard InChI is InChI=1S/C24H28N4O3.C11H10/c1-27-16-19(18-10-5-6-11-20(18)27)24(31)28-13-7-12-21(28)23(30)26-15-22(29)25-14-17-8-3-2-4-9-17;1-9-6-7-10-4-2-3-5-11(10)8-9/h2-6,8-11,19,21H,7,12-16H2,1H3,(H,25,29)(H,26,30);2-8H,1H3. The lowest BCUT2D eigenvalue weighted by Gasteiger charge is -2.27. The molecule has 216 valence electrons. The number of rotatable bonds is 6. The second-order valence-corrected chi connectivity index (χ2v) is 11.0. The van der Waals surface area contributed by atoms with E-state index in [9.17, 15) is 14.4 Å². The quantitative estimate of drug-likeness (QED) is 0.354. The van der Waals surface area contributed by atoms with E-state index >= 15 is 0 Å². The van der Waals surface area contributed by atoms with Crippen molar-refractivity contribution in [2.45, 2.75) is 38.3 Å². The predicted octanol–water partition coefficient (Wildman–Crippen LogP) is 4.79. The van der Waals surface area contributed by atoms with Crippen LogP contribution in [0.3, 0.4) is 0 Å². The van der Waals surface area contributed by atoms with Crippen molar-refractivity contribution >= 4 is 34.2 Å². The maximum Gasteiger partial charge on any atom is 0.243 e. The number of anilines is 1. The van der Waals surface area contributed by atoms with Gasteiger partial charge >= 0.3 is 0 Å². The average molecular weight is 563 g/mol. The minimum atomic E-state index is -0.521. The summed E-state index contributed by atoms with van der Waals surface area (Å²) in [5.41, 5.74) is 4.40. The van der Waals surface area contributed by atoms with Gasteiger partial charge in [-0.05, 0) is 47.7 Å². The molecule has 2 aliphatic heterocycles. The molecule has 4 aromatic carbocycles. The van der Waals surface area contributed by atoms with Gasteiger partial charge in [-0.25, -0.2) is 0 Å². The van der Waals surface area contributed by atoms with Crippen molar-refractivity contribution in [3.8, 4) is 0 Å². The van der Waals surface area contributed by atoms with Gasteiger partial charge < -0.3 is 20.4 Å². The second-order valence-electron chi connectivity index (χ2n) is 11.0. The number of nitrogens with one attached hydrogen (secondary N) is 2. The fourth-order valence-electron chi connectivity index (χ4n) is 5.77. The summed E-state index contributed by atoms with van der Waals surface area (Å²) in [6, 6.07) is 31.9. The topological polar surface area (TPSA) is 81.8 Å². The molecule has 1 saturated heterocycles. The van der Waals surface area contributed by atoms with E-state index in [0.29, 0.717) is 26.1 Å². The van der Waals surface area contributed by atoms with Crippen LogP contribution < -0.4 is 15.5 Å². The Morgan fingerprint density at radius 3 is 2.36 bits per heavy atom. The summed E-state index contributed by atoms with van der Waals surface area (Å²) in [4.78, 5) is 42.0. The Morgan fingerprint density at radius 2 is 1.55 bits per heavy atom. The number of hydrogen-bond acceptors (Lipinski definition) is 4. The third-order valence-corrected chi connectivity index (χ3v) is 7.98. The normalized spacial score (nSPS) is 17.3. The van der Waals surface area contributed by atoms with Gasteiger partial charge in [0.15, 0.2) is 0 Å². The molecule has 4 aromatic rings. The number of fused-ring (bicyclic) bond motifs is 2. The van der Waals surface area contributed by atoms with Gasteiger partial charge in [0.2, 0.25) is 17.7 Å². The molecule has 2 N–H and O–H groups in total. The van der Waals surface area contributed by atoms with Crippen molar-refractivity contribution in [3.63, 3.8) is 0 Å². The number of likely N-dealkylation sites (N-methyl/N-ethyl adjacent to an activating group) is 1. The highest BCUT2D eigenvalue weighted by Gasteiger charge is 2.40. The first-order valence-corrected chi connectivity index (χ1v) is 14.5. The molecule has 0 spiro atoms. The van der Waals surface area contributed by atoms with Crippen LogP contribution in [-0.2, 0) is 20.9 Å². The molecule has 42 heavy (non-hydrogen) atoms. The Hall–Kier alpha value is -4.65. The average Bonchev–Trinajstić information content (AvgIpc) is 3.65. The molecular weight excluding hydrogens is 524 g/mol. The van der Waals surface area contributed by atoms with Crippen LogP contribution in [0.5, 0.6) is 0 Å². The van der Waals surface area contributed by atoms with Crippen molar-refractivity contribution < 1.29 is 14.4 Å². The number of hydrogen-bond donors (Lipinski definition) is 2. The van der Waals surface area contributed by atoms with E-state index < -0.39 is 6.04 Å². The monoisotopic (exact) mass is 562 g/mol. The molecule has 0 bridgehead atoms. The van der Waals surface area contributed by atoms with Crippen molar-refractivity contribution in [2.24, 2.45) is 0 Å². The lowest BCUT2D eigenvalue weighted by molar-refractivity contribution is -0.139. The van der Waals surface area contributed by atoms with Crippen molar-refractivity contribution in [3.05, 3.63) is 114 Å². The third kappa shape index (κ3) is 6.79. The van der Waals surface area contributed by atoms with Crippen LogP contribution >= 0.6 is 0 Å². The minimum Gasteiger partial charge on any atom is -0.373 e. The van der Waals surface area contributed by atoms with E-state index in [1.54, 1.807) is 4.90 Å². The molecule has 1 fully saturated rings. The Balaban J connectivity index is 0.000000267. The van der Waals surface area contributed by atoms with Gasteiger partial charge in [0.25, 0.3) is 0 Å². The molecule has 2 atom stereocenters. The zero-order chi connectivity index (χ0) is 29.5. The van der Waals surface area contributed by atoms with Crippen LogP contribution in [0.4, 0.5) is 5.69 Å². The fourth-order valence-corrected chi connectivity index (χ4v) is 5.77. The molecular formula is C35H38N4O3. The Bertz CT molecular complexity index is 1550. The number of nitrogens with zero attached hydrogens (tertiary/aromatic N) is 2. The zero-order valence-electron chi connectivity index (χ0n) is 24.3. The highest BCUT2D eigenvalue weighted by molar-refractivity contribution is 5.94. The number of para-hydroxylation sites is 1. The Labute approximate surface area is 247 Å². The van der Waals surface area contributed by atoms with Crippen molar-refractivity contribution in [1.82, 2.24) is 15.5 Å². The van der Waals surface area contributed by atoms with Crippen molar-refractivity contribution in [1.29, 1.82) is 0 Å². The van der Waals surface area contributed by atoms with Gasteiger partial charge in [0.1, 0.15) is 6.04 Å². The van der Waals surface area contributed by atoms with Crippen LogP contribution in [0.2, 0.25) is 0 Å². The summed E-state index contributed by atoms with van der Waals surface area (Å²) in [6.07, 6.45) is 1.40. The predicted molar refractivity (Wildman–Crippen MR) is 167 cm³/mol. The molecule has 3 amide bonds. The lowest BCUT2D eigenvalue weighted by atomic mass is 9.99. The minimum absolute atomic E-state index is 0.0111. The van der Waals surface area contributed by atoms with Crippen molar-refractivity contribution in [2.75, 3.05) is 31.6 Å². The highest BCUT2D eigenvalue weighted by atomic mass is 16.2. The third-order valence-electron chi connectivity index (χ3n) is 7.98. The maximum absolute atomic E-state index is 13.3. The molecule has 2 unspecified atom stereocenters. The van der Waals surface area contributed by atoms with Crippen LogP contribution in [-0.4, -0.2) is 55.3 Å². The summed E-state index contributed by atoms with van der Waals surface area (Å²) in [7, 11) is 1.98. The van der Waals surface area contributed by atoms with E-state index in [1.807, 2.05) is 61.6 Å². The first kappa shape index (κ1) is 28.9. The molecule has 2 aliphatic rings. The molecule has 6 rings (SSSR count). The summed E-state index contributed by atoms with van der Waals surface area (Å²) in [5, 5.41) is 8.15. The number of aryl methyl sites for hydroxylation is 1. The highest BCUT2D eigenvalue weighted by Crippen LogP contribution is 2.37. The number of carbonyl (C=O) groups excluding carboxylic acids is 3. The molecule has 2 heterocycles. The first-order valence-electron chi connectivity index (χ1n) is 14.5. The second kappa shape index (κ2) is 13.3. The zero-order valence-corrected chi connectivity index (χ0v) is 24.3. The molecule has 0 aromatic heterocycles. The van der Waals surface area contributed by atoms with E-state index in [0.717, 1.165) is 23.2 Å².